The monoisotopic (exact) mass is 440 g/mol. The van der Waals surface area contributed by atoms with Crippen molar-refractivity contribution in [1.29, 1.82) is 0 Å². The predicted octanol–water partition coefficient (Wildman–Crippen LogP) is 2.51. The Labute approximate surface area is 187 Å². The van der Waals surface area contributed by atoms with E-state index >= 15 is 0 Å². The topological polar surface area (TPSA) is 77.5 Å². The fraction of sp³-hybridized carbons (Fsp3) is 0.417. The minimum atomic E-state index is -0.720. The van der Waals surface area contributed by atoms with Gasteiger partial charge in [-0.1, -0.05) is 12.1 Å². The number of carbonyl (C=O) groups excluding carboxylic acids is 2. The van der Waals surface area contributed by atoms with Crippen LogP contribution in [0.3, 0.4) is 0 Å². The summed E-state index contributed by atoms with van der Waals surface area (Å²) in [4.78, 5) is 29.4. The number of anilines is 1. The maximum absolute atomic E-state index is 13.1. The summed E-state index contributed by atoms with van der Waals surface area (Å²) < 4.78 is 22.2. The standard InChI is InChI=1S/C24H28N2O6/c1-29-18-8-10-19(11-9-18)31-14-4-7-23(27)26-17-22(24(28)25-12-15-30-16-13-25)32-21-6-3-2-5-20(21)26/h2-3,5-6,8-11,22H,4,7,12-17H2,1H3/t22-/m0/s1. The zero-order valence-corrected chi connectivity index (χ0v) is 18.2. The van der Waals surface area contributed by atoms with Crippen molar-refractivity contribution in [2.75, 3.05) is 51.5 Å². The Morgan fingerprint density at radius 2 is 1.75 bits per heavy atom. The summed E-state index contributed by atoms with van der Waals surface area (Å²) in [6.45, 7) is 2.73. The molecular formula is C24H28N2O6. The molecule has 32 heavy (non-hydrogen) atoms. The highest BCUT2D eigenvalue weighted by Crippen LogP contribution is 2.34. The molecule has 0 bridgehead atoms. The van der Waals surface area contributed by atoms with Gasteiger partial charge in [-0.05, 0) is 42.8 Å². The molecule has 0 saturated carbocycles. The molecule has 1 saturated heterocycles. The van der Waals surface area contributed by atoms with Crippen LogP contribution in [0.25, 0.3) is 0 Å². The molecule has 8 heteroatoms. The lowest BCUT2D eigenvalue weighted by molar-refractivity contribution is -0.142. The summed E-state index contributed by atoms with van der Waals surface area (Å²) in [6.07, 6.45) is 0.151. The van der Waals surface area contributed by atoms with Crippen LogP contribution >= 0.6 is 0 Å². The van der Waals surface area contributed by atoms with Crippen LogP contribution in [0, 0.1) is 0 Å². The number of benzene rings is 2. The van der Waals surface area contributed by atoms with Gasteiger partial charge in [-0.25, -0.2) is 0 Å². The summed E-state index contributed by atoms with van der Waals surface area (Å²) in [6, 6.07) is 14.7. The Kier molecular flexibility index (Phi) is 7.11. The maximum atomic E-state index is 13.1. The largest absolute Gasteiger partial charge is 0.497 e. The molecule has 0 aliphatic carbocycles. The summed E-state index contributed by atoms with van der Waals surface area (Å²) >= 11 is 0. The van der Waals surface area contributed by atoms with Crippen molar-refractivity contribution in [3.8, 4) is 17.2 Å². The number of fused-ring (bicyclic) bond motifs is 1. The van der Waals surface area contributed by atoms with Crippen molar-refractivity contribution < 1.29 is 28.5 Å². The number of methoxy groups -OCH3 is 1. The van der Waals surface area contributed by atoms with Crippen molar-refractivity contribution in [2.24, 2.45) is 0 Å². The van der Waals surface area contributed by atoms with E-state index in [9.17, 15) is 9.59 Å². The first-order chi connectivity index (χ1) is 15.7. The second kappa shape index (κ2) is 10.4. The summed E-state index contributed by atoms with van der Waals surface area (Å²) in [5, 5.41) is 0. The highest BCUT2D eigenvalue weighted by Gasteiger charge is 2.36. The Hall–Kier alpha value is -3.26. The molecule has 8 nitrogen and oxygen atoms in total. The van der Waals surface area contributed by atoms with Crippen molar-refractivity contribution in [1.82, 2.24) is 4.90 Å². The molecule has 0 radical (unpaired) electrons. The zero-order valence-electron chi connectivity index (χ0n) is 18.2. The fourth-order valence-corrected chi connectivity index (χ4v) is 3.81. The first kappa shape index (κ1) is 22.0. The molecular weight excluding hydrogens is 412 g/mol. The number of nitrogens with zero attached hydrogens (tertiary/aromatic N) is 2. The molecule has 2 aliphatic heterocycles. The van der Waals surface area contributed by atoms with Crippen LogP contribution in [0.15, 0.2) is 48.5 Å². The molecule has 1 fully saturated rings. The lowest BCUT2D eigenvalue weighted by Gasteiger charge is -2.37. The minimum absolute atomic E-state index is 0.0566. The average Bonchev–Trinajstić information content (AvgIpc) is 2.86. The molecule has 2 aromatic carbocycles. The molecule has 0 unspecified atom stereocenters. The van der Waals surface area contributed by atoms with E-state index in [1.165, 1.54) is 0 Å². The van der Waals surface area contributed by atoms with Crippen LogP contribution < -0.4 is 19.1 Å². The number of para-hydroxylation sites is 2. The van der Waals surface area contributed by atoms with E-state index in [4.69, 9.17) is 18.9 Å². The number of hydrogen-bond donors (Lipinski definition) is 0. The van der Waals surface area contributed by atoms with Gasteiger partial charge in [-0.2, -0.15) is 0 Å². The summed E-state index contributed by atoms with van der Waals surface area (Å²) in [7, 11) is 1.62. The van der Waals surface area contributed by atoms with Gasteiger partial charge in [0.1, 0.15) is 17.2 Å². The maximum Gasteiger partial charge on any atom is 0.265 e. The minimum Gasteiger partial charge on any atom is -0.497 e. The Balaban J connectivity index is 1.35. The third-order valence-corrected chi connectivity index (χ3v) is 5.54. The first-order valence-corrected chi connectivity index (χ1v) is 10.8. The highest BCUT2D eigenvalue weighted by molar-refractivity contribution is 5.97. The van der Waals surface area contributed by atoms with Gasteiger partial charge in [0.25, 0.3) is 5.91 Å². The molecule has 0 spiro atoms. The van der Waals surface area contributed by atoms with Crippen molar-refractivity contribution in [3.05, 3.63) is 48.5 Å². The molecule has 2 aromatic rings. The second-order valence-electron chi connectivity index (χ2n) is 7.64. The smallest absolute Gasteiger partial charge is 0.265 e. The summed E-state index contributed by atoms with van der Waals surface area (Å²) in [5.74, 6) is 1.88. The van der Waals surface area contributed by atoms with Crippen LogP contribution in [0.1, 0.15) is 12.8 Å². The second-order valence-corrected chi connectivity index (χ2v) is 7.64. The number of rotatable bonds is 7. The molecule has 170 valence electrons. The van der Waals surface area contributed by atoms with Crippen LogP contribution in [0.5, 0.6) is 17.2 Å². The number of ether oxygens (including phenoxy) is 4. The third-order valence-electron chi connectivity index (χ3n) is 5.54. The molecule has 1 atom stereocenters. The van der Waals surface area contributed by atoms with E-state index in [-0.39, 0.29) is 18.4 Å². The van der Waals surface area contributed by atoms with Crippen LogP contribution in [0.4, 0.5) is 5.69 Å². The normalized spacial score (nSPS) is 17.8. The van der Waals surface area contributed by atoms with E-state index in [1.807, 2.05) is 42.5 Å². The van der Waals surface area contributed by atoms with Crippen LogP contribution in [0.2, 0.25) is 0 Å². The highest BCUT2D eigenvalue weighted by atomic mass is 16.5. The fourth-order valence-electron chi connectivity index (χ4n) is 3.81. The van der Waals surface area contributed by atoms with E-state index in [0.717, 1.165) is 11.5 Å². The molecule has 2 aliphatic rings. The Bertz CT molecular complexity index is 926. The van der Waals surface area contributed by atoms with Crippen LogP contribution in [-0.2, 0) is 14.3 Å². The lowest BCUT2D eigenvalue weighted by atomic mass is 10.1. The molecule has 2 heterocycles. The SMILES string of the molecule is COc1ccc(OCCCC(=O)N2C[C@@H](C(=O)N3CCOCC3)Oc3ccccc32)cc1. The van der Waals surface area contributed by atoms with Crippen molar-refractivity contribution in [2.45, 2.75) is 18.9 Å². The third kappa shape index (κ3) is 5.13. The van der Waals surface area contributed by atoms with Gasteiger partial charge in [-0.15, -0.1) is 0 Å². The predicted molar refractivity (Wildman–Crippen MR) is 118 cm³/mol. The Morgan fingerprint density at radius 3 is 2.50 bits per heavy atom. The number of carbonyl (C=O) groups is 2. The quantitative estimate of drug-likeness (QED) is 0.616. The van der Waals surface area contributed by atoms with Gasteiger partial charge in [0.2, 0.25) is 5.91 Å². The van der Waals surface area contributed by atoms with Crippen LogP contribution in [-0.4, -0.2) is 69.4 Å². The number of amides is 2. The van der Waals surface area contributed by atoms with Gasteiger partial charge >= 0.3 is 0 Å². The molecule has 0 N–H and O–H groups in total. The molecule has 4 rings (SSSR count). The average molecular weight is 440 g/mol. The van der Waals surface area contributed by atoms with E-state index in [0.29, 0.717) is 57.2 Å². The summed E-state index contributed by atoms with van der Waals surface area (Å²) in [5.41, 5.74) is 0.694. The van der Waals surface area contributed by atoms with Gasteiger partial charge < -0.3 is 28.7 Å². The van der Waals surface area contributed by atoms with Crippen molar-refractivity contribution >= 4 is 17.5 Å². The van der Waals surface area contributed by atoms with Gasteiger partial charge in [0.15, 0.2) is 6.10 Å². The molecule has 0 aromatic heterocycles. The van der Waals surface area contributed by atoms with E-state index in [1.54, 1.807) is 23.0 Å². The number of morpholine rings is 1. The zero-order chi connectivity index (χ0) is 22.3. The van der Waals surface area contributed by atoms with Crippen molar-refractivity contribution in [3.63, 3.8) is 0 Å². The van der Waals surface area contributed by atoms with E-state index in [2.05, 4.69) is 0 Å². The Morgan fingerprint density at radius 1 is 1.03 bits per heavy atom. The van der Waals surface area contributed by atoms with Gasteiger partial charge in [0, 0.05) is 19.5 Å². The number of hydrogen-bond acceptors (Lipinski definition) is 6. The van der Waals surface area contributed by atoms with Gasteiger partial charge in [-0.3, -0.25) is 9.59 Å². The lowest BCUT2D eigenvalue weighted by Crippen LogP contribution is -2.54. The van der Waals surface area contributed by atoms with E-state index < -0.39 is 6.10 Å². The first-order valence-electron chi connectivity index (χ1n) is 10.8. The van der Waals surface area contributed by atoms with Gasteiger partial charge in [0.05, 0.1) is 39.2 Å². The molecule has 2 amide bonds.